The Labute approximate surface area is 183 Å². The Balaban J connectivity index is 1.59. The Morgan fingerprint density at radius 3 is 2.57 bits per heavy atom. The lowest BCUT2D eigenvalue weighted by molar-refractivity contribution is 0.102. The molecule has 8 nitrogen and oxygen atoms in total. The fourth-order valence-corrected chi connectivity index (χ4v) is 4.74. The second kappa shape index (κ2) is 9.52. The Morgan fingerprint density at radius 1 is 1.17 bits per heavy atom. The molecule has 11 heteroatoms. The van der Waals surface area contributed by atoms with E-state index in [9.17, 15) is 13.2 Å². The van der Waals surface area contributed by atoms with Gasteiger partial charge < -0.3 is 4.74 Å². The summed E-state index contributed by atoms with van der Waals surface area (Å²) in [5.41, 5.74) is 1.35. The van der Waals surface area contributed by atoms with Crippen LogP contribution in [0.5, 0.6) is 5.75 Å². The molecule has 3 aromatic rings. The fourth-order valence-electron chi connectivity index (χ4n) is 2.38. The van der Waals surface area contributed by atoms with E-state index in [2.05, 4.69) is 20.2 Å². The van der Waals surface area contributed by atoms with Gasteiger partial charge in [-0.05, 0) is 38.1 Å². The van der Waals surface area contributed by atoms with Crippen molar-refractivity contribution in [2.24, 2.45) is 0 Å². The Bertz CT molecular complexity index is 1130. The molecule has 0 saturated carbocycles. The molecule has 2 N–H and O–H groups in total. The number of anilines is 1. The molecule has 0 fully saturated rings. The molecule has 30 heavy (non-hydrogen) atoms. The highest BCUT2D eigenvalue weighted by molar-refractivity contribution is 7.91. The highest BCUT2D eigenvalue weighted by atomic mass is 35.5. The lowest BCUT2D eigenvalue weighted by Gasteiger charge is -2.14. The summed E-state index contributed by atoms with van der Waals surface area (Å²) in [6, 6.07) is 13.4. The quantitative estimate of drug-likeness (QED) is 0.491. The highest BCUT2D eigenvalue weighted by Gasteiger charge is 2.23. The van der Waals surface area contributed by atoms with Crippen molar-refractivity contribution in [1.29, 1.82) is 0 Å². The number of ether oxygens (including phenoxy) is 1. The smallest absolute Gasteiger partial charge is 0.270 e. The molecule has 0 aliphatic rings. The Morgan fingerprint density at radius 2 is 1.87 bits per heavy atom. The summed E-state index contributed by atoms with van der Waals surface area (Å²) < 4.78 is 32.9. The van der Waals surface area contributed by atoms with Crippen LogP contribution in [0.2, 0.25) is 5.02 Å². The van der Waals surface area contributed by atoms with Crippen LogP contribution in [0.15, 0.2) is 52.9 Å². The number of rotatable bonds is 8. The van der Waals surface area contributed by atoms with Gasteiger partial charge in [0, 0.05) is 0 Å². The Hall–Kier alpha value is -2.53. The molecule has 0 aliphatic heterocycles. The second-order valence-electron chi connectivity index (χ2n) is 6.45. The zero-order valence-electron chi connectivity index (χ0n) is 16.1. The zero-order valence-corrected chi connectivity index (χ0v) is 18.5. The summed E-state index contributed by atoms with van der Waals surface area (Å²) in [6.45, 7) is 3.78. The zero-order chi connectivity index (χ0) is 21.7. The fraction of sp³-hybridized carbons (Fsp3) is 0.211. The number of benzene rings is 2. The molecule has 0 saturated heterocycles. The maximum Gasteiger partial charge on any atom is 0.270 e. The van der Waals surface area contributed by atoms with Crippen LogP contribution in [0.1, 0.15) is 22.8 Å². The first-order valence-corrected chi connectivity index (χ1v) is 11.5. The van der Waals surface area contributed by atoms with E-state index in [1.165, 1.54) is 0 Å². The van der Waals surface area contributed by atoms with Crippen LogP contribution in [0.4, 0.5) is 5.13 Å². The summed E-state index contributed by atoms with van der Waals surface area (Å²) in [5.74, 6) is 0.139. The van der Waals surface area contributed by atoms with E-state index in [1.807, 2.05) is 31.2 Å². The first-order chi connectivity index (χ1) is 14.2. The minimum absolute atomic E-state index is 0.0452. The number of nitrogens with zero attached hydrogens (tertiary/aromatic N) is 2. The van der Waals surface area contributed by atoms with E-state index < -0.39 is 22.0 Å². The lowest BCUT2D eigenvalue weighted by atomic mass is 10.2. The molecule has 158 valence electrons. The van der Waals surface area contributed by atoms with Crippen molar-refractivity contribution in [2.75, 3.05) is 11.9 Å². The third-order valence-electron chi connectivity index (χ3n) is 3.85. The maximum absolute atomic E-state index is 12.5. The van der Waals surface area contributed by atoms with E-state index in [0.717, 1.165) is 16.9 Å². The van der Waals surface area contributed by atoms with Crippen LogP contribution >= 0.6 is 22.9 Å². The first kappa shape index (κ1) is 22.2. The molecule has 1 aromatic heterocycles. The van der Waals surface area contributed by atoms with Gasteiger partial charge in [0.2, 0.25) is 9.47 Å². The van der Waals surface area contributed by atoms with Gasteiger partial charge >= 0.3 is 0 Å². The number of hydrogen-bond donors (Lipinski definition) is 2. The van der Waals surface area contributed by atoms with Crippen LogP contribution in [-0.2, 0) is 10.0 Å². The topological polar surface area (TPSA) is 110 Å². The largest absolute Gasteiger partial charge is 0.492 e. The molecule has 0 radical (unpaired) electrons. The van der Waals surface area contributed by atoms with E-state index in [1.54, 1.807) is 31.2 Å². The van der Waals surface area contributed by atoms with Crippen LogP contribution in [0, 0.1) is 6.92 Å². The lowest BCUT2D eigenvalue weighted by Crippen LogP contribution is -2.36. The minimum Gasteiger partial charge on any atom is -0.492 e. The number of carbonyl (C=O) groups excluding carboxylic acids is 1. The van der Waals surface area contributed by atoms with Crippen molar-refractivity contribution >= 4 is 44.0 Å². The maximum atomic E-state index is 12.5. The van der Waals surface area contributed by atoms with Gasteiger partial charge in [-0.2, -0.15) is 0 Å². The van der Waals surface area contributed by atoms with Crippen molar-refractivity contribution in [3.8, 4) is 5.75 Å². The molecule has 0 aliphatic carbocycles. The summed E-state index contributed by atoms with van der Waals surface area (Å²) in [7, 11) is -3.92. The van der Waals surface area contributed by atoms with Crippen LogP contribution in [0.3, 0.4) is 0 Å². The van der Waals surface area contributed by atoms with Gasteiger partial charge in [-0.1, -0.05) is 52.8 Å². The number of aromatic nitrogens is 2. The van der Waals surface area contributed by atoms with Gasteiger partial charge in [-0.3, -0.25) is 10.1 Å². The summed E-state index contributed by atoms with van der Waals surface area (Å²) >= 11 is 6.73. The number of sulfonamides is 1. The number of carbonyl (C=O) groups is 1. The molecule has 1 atom stereocenters. The number of amides is 1. The van der Waals surface area contributed by atoms with E-state index in [0.29, 0.717) is 5.75 Å². The summed E-state index contributed by atoms with van der Waals surface area (Å²) in [6.07, 6.45) is 0. The van der Waals surface area contributed by atoms with Gasteiger partial charge in [0.1, 0.15) is 12.4 Å². The van der Waals surface area contributed by atoms with Gasteiger partial charge in [0.15, 0.2) is 0 Å². The van der Waals surface area contributed by atoms with E-state index in [4.69, 9.17) is 16.3 Å². The minimum atomic E-state index is -3.92. The highest BCUT2D eigenvalue weighted by Crippen LogP contribution is 2.22. The number of halogens is 1. The van der Waals surface area contributed by atoms with Crippen molar-refractivity contribution < 1.29 is 17.9 Å². The van der Waals surface area contributed by atoms with Crippen molar-refractivity contribution in [2.45, 2.75) is 24.2 Å². The molecule has 0 spiro atoms. The Kier molecular flexibility index (Phi) is 7.03. The summed E-state index contributed by atoms with van der Waals surface area (Å²) in [4.78, 5) is 12.3. The molecule has 3 rings (SSSR count). The third-order valence-corrected chi connectivity index (χ3v) is 6.98. The molecular formula is C19H19ClN4O4S2. The average Bonchev–Trinajstić information content (AvgIpc) is 3.17. The normalized spacial score (nSPS) is 12.4. The third kappa shape index (κ3) is 5.76. The molecule has 1 heterocycles. The van der Waals surface area contributed by atoms with Crippen LogP contribution in [0.25, 0.3) is 0 Å². The van der Waals surface area contributed by atoms with E-state index in [-0.39, 0.29) is 26.7 Å². The number of nitrogens with one attached hydrogen (secondary N) is 2. The van der Waals surface area contributed by atoms with Gasteiger partial charge in [0.25, 0.3) is 15.9 Å². The second-order valence-corrected chi connectivity index (χ2v) is 9.73. The van der Waals surface area contributed by atoms with E-state index >= 15 is 0 Å². The van der Waals surface area contributed by atoms with Gasteiger partial charge in [-0.15, -0.1) is 10.2 Å². The van der Waals surface area contributed by atoms with Crippen molar-refractivity contribution in [3.05, 3.63) is 64.7 Å². The molecule has 0 bridgehead atoms. The number of aryl methyl sites for hydroxylation is 1. The van der Waals surface area contributed by atoms with Crippen molar-refractivity contribution in [1.82, 2.24) is 14.9 Å². The monoisotopic (exact) mass is 466 g/mol. The summed E-state index contributed by atoms with van der Waals surface area (Å²) in [5, 5.41) is 10.2. The molecule has 1 amide bonds. The van der Waals surface area contributed by atoms with Crippen LogP contribution in [-0.4, -0.2) is 37.2 Å². The van der Waals surface area contributed by atoms with Gasteiger partial charge in [-0.25, -0.2) is 13.1 Å². The number of hydrogen-bond acceptors (Lipinski definition) is 7. The van der Waals surface area contributed by atoms with Crippen molar-refractivity contribution in [3.63, 3.8) is 0 Å². The molecule has 2 aromatic carbocycles. The van der Waals surface area contributed by atoms with Gasteiger partial charge in [0.05, 0.1) is 16.6 Å². The predicted molar refractivity (Wildman–Crippen MR) is 116 cm³/mol. The average molecular weight is 467 g/mol. The first-order valence-electron chi connectivity index (χ1n) is 8.86. The molecule has 0 unspecified atom stereocenters. The molecular weight excluding hydrogens is 448 g/mol. The predicted octanol–water partition coefficient (Wildman–Crippen LogP) is 3.50. The standard InChI is InChI=1S/C19H19ClN4O4S2/c1-12-7-9-14(10-8-12)28-11-13(2)24-30(26,27)19-23-22-18(29-19)21-17(25)15-5-3-4-6-16(15)20/h3-10,13,24H,11H2,1-2H3,(H,21,22,25)/t13-/m1/s1. The van der Waals surface area contributed by atoms with Crippen LogP contribution < -0.4 is 14.8 Å². The SMILES string of the molecule is Cc1ccc(OC[C@@H](C)NS(=O)(=O)c2nnc(NC(=O)c3ccccc3Cl)s2)cc1.